The predicted octanol–water partition coefficient (Wildman–Crippen LogP) is 13.5. The number of nitrogens with zero attached hydrogens (tertiary/aromatic N) is 9. The maximum atomic E-state index is 10.1. The summed E-state index contributed by atoms with van der Waals surface area (Å²) >= 11 is 7.69. The molecule has 0 aliphatic heterocycles. The molecule has 4 N–H and O–H groups in total. The first-order valence-electron chi connectivity index (χ1n) is 28.5. The molecule has 8 aromatic rings. The van der Waals surface area contributed by atoms with Crippen molar-refractivity contribution in [2.45, 2.75) is 126 Å². The quantitative estimate of drug-likeness (QED) is 0.0349. The van der Waals surface area contributed by atoms with E-state index in [4.69, 9.17) is 44.7 Å². The number of aromatic nitrogens is 8. The van der Waals surface area contributed by atoms with Gasteiger partial charge in [-0.15, -0.1) is 0 Å². The summed E-state index contributed by atoms with van der Waals surface area (Å²) in [4.78, 5) is 22.0. The van der Waals surface area contributed by atoms with Gasteiger partial charge in [0, 0.05) is 101 Å². The summed E-state index contributed by atoms with van der Waals surface area (Å²) in [5.74, 6) is 1.80. The predicted molar refractivity (Wildman–Crippen MR) is 340 cm³/mol. The van der Waals surface area contributed by atoms with Crippen molar-refractivity contribution >= 4 is 70.9 Å². The Balaban J connectivity index is 0.000000213. The Labute approximate surface area is 501 Å². The number of benzene rings is 2. The van der Waals surface area contributed by atoms with Crippen molar-refractivity contribution < 1.29 is 29.2 Å². The van der Waals surface area contributed by atoms with Gasteiger partial charge >= 0.3 is 0 Å². The van der Waals surface area contributed by atoms with Gasteiger partial charge in [0.25, 0.3) is 0 Å². The van der Waals surface area contributed by atoms with E-state index in [-0.39, 0.29) is 25.0 Å². The summed E-state index contributed by atoms with van der Waals surface area (Å²) in [7, 11) is 0.840. The van der Waals surface area contributed by atoms with Crippen LogP contribution in [0.5, 0.6) is 0 Å². The second-order valence-corrected chi connectivity index (χ2v) is 37.2. The molecule has 2 aromatic carbocycles. The summed E-state index contributed by atoms with van der Waals surface area (Å²) in [6.07, 6.45) is 14.0. The SMILES string of the molecule is COC1(CO)CCC(c2nc3c(-c4ccc(-c5ccccc5)nc4)cnn3c(N(COCC[Si](C)(C)C)COCC[Si](C)(C)C)c2Br)CC1.COC1(CO)CCC(c2nc3c(-c4ccc(-c5ccccc5)nc4)cnn3c(N)c2Br)CC1. The molecule has 0 amide bonds. The minimum Gasteiger partial charge on any atom is -0.393 e. The molecule has 2 saturated carbocycles. The highest BCUT2D eigenvalue weighted by Gasteiger charge is 2.39. The van der Waals surface area contributed by atoms with Crippen LogP contribution in [0.2, 0.25) is 51.4 Å². The lowest BCUT2D eigenvalue weighted by molar-refractivity contribution is -0.0785. The zero-order valence-corrected chi connectivity index (χ0v) is 53.9. The van der Waals surface area contributed by atoms with Gasteiger partial charge in [0.2, 0.25) is 0 Å². The molecule has 20 heteroatoms. The smallest absolute Gasteiger partial charge is 0.165 e. The van der Waals surface area contributed by atoms with Crippen LogP contribution in [0.3, 0.4) is 0 Å². The summed E-state index contributed by atoms with van der Waals surface area (Å²) in [6, 6.07) is 30.7. The Bertz CT molecular complexity index is 3330. The Kier molecular flexibility index (Phi) is 20.0. The molecular formula is C62H80Br2N10O6Si2. The Hall–Kier alpha value is -5.27. The molecule has 10 rings (SSSR count). The average molecular weight is 1280 g/mol. The number of halogens is 2. The van der Waals surface area contributed by atoms with Gasteiger partial charge in [0.1, 0.15) is 19.3 Å². The molecule has 0 radical (unpaired) electrons. The molecule has 2 aliphatic rings. The van der Waals surface area contributed by atoms with E-state index in [1.54, 1.807) is 24.9 Å². The van der Waals surface area contributed by atoms with Gasteiger partial charge < -0.3 is 39.8 Å². The lowest BCUT2D eigenvalue weighted by Crippen LogP contribution is -2.39. The number of nitrogens with two attached hydrogens (primary N) is 1. The van der Waals surface area contributed by atoms with Crippen LogP contribution in [0.1, 0.15) is 74.6 Å². The number of nitrogen functional groups attached to an aromatic ring is 1. The van der Waals surface area contributed by atoms with Crippen molar-refractivity contribution in [2.75, 3.05) is 64.7 Å². The lowest BCUT2D eigenvalue weighted by Gasteiger charge is -2.38. The topological polar surface area (TPSA) is 193 Å². The van der Waals surface area contributed by atoms with Crippen LogP contribution < -0.4 is 10.6 Å². The minimum atomic E-state index is -1.27. The highest BCUT2D eigenvalue weighted by molar-refractivity contribution is 9.11. The van der Waals surface area contributed by atoms with E-state index in [2.05, 4.69) is 110 Å². The van der Waals surface area contributed by atoms with E-state index >= 15 is 0 Å². The summed E-state index contributed by atoms with van der Waals surface area (Å²) in [5, 5.41) is 29.3. The minimum absolute atomic E-state index is 0.0190. The summed E-state index contributed by atoms with van der Waals surface area (Å²) in [5.41, 5.74) is 16.6. The van der Waals surface area contributed by atoms with Crippen molar-refractivity contribution in [2.24, 2.45) is 0 Å². The summed E-state index contributed by atoms with van der Waals surface area (Å²) < 4.78 is 29.4. The molecule has 0 spiro atoms. The largest absolute Gasteiger partial charge is 0.393 e. The fraction of sp³-hybridized carbons (Fsp3) is 0.452. The lowest BCUT2D eigenvalue weighted by atomic mass is 9.77. The monoisotopic (exact) mass is 1270 g/mol. The van der Waals surface area contributed by atoms with Gasteiger partial charge in [-0.05, 0) is 107 Å². The first-order chi connectivity index (χ1) is 39.4. The molecule has 2 aliphatic carbocycles. The molecule has 0 unspecified atom stereocenters. The molecule has 82 heavy (non-hydrogen) atoms. The maximum Gasteiger partial charge on any atom is 0.165 e. The Morgan fingerprint density at radius 1 is 0.573 bits per heavy atom. The third-order valence-corrected chi connectivity index (χ3v) is 21.3. The number of hydrogen-bond donors (Lipinski definition) is 3. The van der Waals surface area contributed by atoms with Crippen LogP contribution in [-0.2, 0) is 18.9 Å². The molecular weight excluding hydrogens is 1200 g/mol. The van der Waals surface area contributed by atoms with Crippen LogP contribution in [0.15, 0.2) is 119 Å². The van der Waals surface area contributed by atoms with Crippen molar-refractivity contribution in [3.63, 3.8) is 0 Å². The summed E-state index contributed by atoms with van der Waals surface area (Å²) in [6.45, 7) is 16.4. The first-order valence-corrected chi connectivity index (χ1v) is 37.5. The second kappa shape index (κ2) is 26.8. The maximum absolute atomic E-state index is 10.1. The van der Waals surface area contributed by atoms with Crippen molar-refractivity contribution in [1.29, 1.82) is 0 Å². The molecule has 0 bridgehead atoms. The fourth-order valence-electron chi connectivity index (χ4n) is 10.8. The van der Waals surface area contributed by atoms with Crippen LogP contribution >= 0.6 is 31.9 Å². The molecule has 16 nitrogen and oxygen atoms in total. The number of rotatable bonds is 21. The van der Waals surface area contributed by atoms with Gasteiger partial charge in [-0.2, -0.15) is 19.2 Å². The van der Waals surface area contributed by atoms with Crippen LogP contribution in [-0.4, -0.2) is 131 Å². The highest BCUT2D eigenvalue weighted by atomic mass is 79.9. The molecule has 0 atom stereocenters. The van der Waals surface area contributed by atoms with E-state index in [1.807, 2.05) is 83.8 Å². The second-order valence-electron chi connectivity index (χ2n) is 24.4. The van der Waals surface area contributed by atoms with Crippen LogP contribution in [0, 0.1) is 0 Å². The number of pyridine rings is 2. The van der Waals surface area contributed by atoms with E-state index in [1.165, 1.54) is 0 Å². The number of anilines is 2. The Morgan fingerprint density at radius 2 is 0.988 bits per heavy atom. The standard InChI is InChI=1S/C37H54BrN5O4Si2.C25H26BrN5O2/c1-45-37(25-44)17-15-29(16-18-37)34-33(38)36(42(26-46-19-21-48(2,3)4)27-47-20-22-49(5,6)7)43-35(41-34)31(24-40-43)30-13-14-32(39-23-30)28-11-9-8-10-12-28;1-33-25(15-32)11-9-17(10-12-25)22-21(26)23(27)31-24(30-22)19(14-29-31)18-7-8-20(28-13-18)16-5-3-2-4-6-16/h8-14,23-24,29,44H,15-22,25-27H2,1-7H3;2-8,13-14,17,32H,9-12,15,27H2,1H3. The normalized spacial score (nSPS) is 19.6. The number of hydrogen-bond acceptors (Lipinski definition) is 14. The van der Waals surface area contributed by atoms with E-state index < -0.39 is 27.3 Å². The molecule has 0 saturated heterocycles. The number of aliphatic hydroxyl groups excluding tert-OH is 2. The van der Waals surface area contributed by atoms with Gasteiger partial charge in [0.15, 0.2) is 17.1 Å². The Morgan fingerprint density at radius 3 is 1.38 bits per heavy atom. The van der Waals surface area contributed by atoms with Crippen LogP contribution in [0.4, 0.5) is 11.6 Å². The molecule has 6 aromatic heterocycles. The van der Waals surface area contributed by atoms with Gasteiger partial charge in [0.05, 0.1) is 68.5 Å². The van der Waals surface area contributed by atoms with Crippen molar-refractivity contribution in [3.05, 3.63) is 130 Å². The van der Waals surface area contributed by atoms with Crippen molar-refractivity contribution in [1.82, 2.24) is 39.2 Å². The number of methoxy groups -OCH3 is 2. The highest BCUT2D eigenvalue weighted by Crippen LogP contribution is 2.46. The van der Waals surface area contributed by atoms with E-state index in [0.717, 1.165) is 140 Å². The number of ether oxygens (including phenoxy) is 4. The number of fused-ring (bicyclic) bond motifs is 2. The zero-order valence-electron chi connectivity index (χ0n) is 48.7. The average Bonchev–Trinajstić information content (AvgIpc) is 3.51. The van der Waals surface area contributed by atoms with Gasteiger partial charge in [-0.1, -0.05) is 112 Å². The zero-order chi connectivity index (χ0) is 58.2. The fourth-order valence-corrected chi connectivity index (χ4v) is 13.8. The number of aliphatic hydroxyl groups is 2. The first kappa shape index (κ1) is 61.3. The molecule has 436 valence electrons. The third kappa shape index (κ3) is 14.3. The van der Waals surface area contributed by atoms with Crippen molar-refractivity contribution in [3.8, 4) is 44.8 Å². The third-order valence-electron chi connectivity index (χ3n) is 16.3. The van der Waals surface area contributed by atoms with E-state index in [0.29, 0.717) is 38.1 Å². The molecule has 6 heterocycles. The van der Waals surface area contributed by atoms with Crippen LogP contribution in [0.25, 0.3) is 56.1 Å². The van der Waals surface area contributed by atoms with E-state index in [9.17, 15) is 10.2 Å². The van der Waals surface area contributed by atoms with Gasteiger partial charge in [-0.25, -0.2) is 9.97 Å². The van der Waals surface area contributed by atoms with Gasteiger partial charge in [-0.3, -0.25) is 9.97 Å². The molecule has 2 fully saturated rings.